The minimum absolute atomic E-state index is 0.0450. The quantitative estimate of drug-likeness (QED) is 0.656. The highest BCUT2D eigenvalue weighted by Gasteiger charge is 2.30. The summed E-state index contributed by atoms with van der Waals surface area (Å²) in [7, 11) is 0. The molecule has 0 aliphatic heterocycles. The first-order valence-corrected chi connectivity index (χ1v) is 6.26. The molecule has 0 radical (unpaired) electrons. The molecule has 0 saturated heterocycles. The molecule has 22 heavy (non-hydrogen) atoms. The van der Waals surface area contributed by atoms with Gasteiger partial charge in [-0.2, -0.15) is 13.2 Å². The summed E-state index contributed by atoms with van der Waals surface area (Å²) in [6.45, 7) is 0. The van der Waals surface area contributed by atoms with Crippen LogP contribution in [0.15, 0.2) is 54.6 Å². The third-order valence-electron chi connectivity index (χ3n) is 2.75. The summed E-state index contributed by atoms with van der Waals surface area (Å²) in [5.74, 6) is -0.978. The van der Waals surface area contributed by atoms with Gasteiger partial charge in [0.25, 0.3) is 0 Å². The van der Waals surface area contributed by atoms with Crippen LogP contribution in [0.3, 0.4) is 0 Å². The molecule has 0 spiro atoms. The van der Waals surface area contributed by atoms with Crippen molar-refractivity contribution in [3.05, 3.63) is 71.6 Å². The van der Waals surface area contributed by atoms with Gasteiger partial charge >= 0.3 is 6.18 Å². The summed E-state index contributed by atoms with van der Waals surface area (Å²) in [5, 5.41) is 2.34. The van der Waals surface area contributed by atoms with Crippen molar-refractivity contribution >= 4 is 17.7 Å². The van der Waals surface area contributed by atoms with Crippen molar-refractivity contribution in [1.29, 1.82) is 0 Å². The first kappa shape index (κ1) is 15.8. The summed E-state index contributed by atoms with van der Waals surface area (Å²) in [5.41, 5.74) is -0.197. The van der Waals surface area contributed by atoms with Crippen LogP contribution in [0.5, 0.6) is 0 Å². The standard InChI is InChI=1S/C16H11F4NO/c17-13-7-4-11(5-8-13)6-9-15(22)21-14-3-1-2-12(10-14)16(18,19)20/h1-10H,(H,21,22)/b9-6+. The minimum atomic E-state index is -4.47. The lowest BCUT2D eigenvalue weighted by molar-refractivity contribution is -0.137. The van der Waals surface area contributed by atoms with E-state index < -0.39 is 23.5 Å². The van der Waals surface area contributed by atoms with E-state index in [9.17, 15) is 22.4 Å². The number of hydrogen-bond acceptors (Lipinski definition) is 1. The molecule has 0 heterocycles. The summed E-state index contributed by atoms with van der Waals surface area (Å²) in [6.07, 6.45) is -1.87. The highest BCUT2D eigenvalue weighted by Crippen LogP contribution is 2.30. The Morgan fingerprint density at radius 3 is 2.36 bits per heavy atom. The fourth-order valence-corrected chi connectivity index (χ4v) is 1.70. The number of anilines is 1. The predicted octanol–water partition coefficient (Wildman–Crippen LogP) is 4.50. The van der Waals surface area contributed by atoms with Gasteiger partial charge < -0.3 is 5.32 Å². The molecule has 0 aromatic heterocycles. The molecule has 1 amide bonds. The summed E-state index contributed by atoms with van der Waals surface area (Å²) in [6, 6.07) is 9.77. The van der Waals surface area contributed by atoms with Crippen LogP contribution in [0.1, 0.15) is 11.1 Å². The van der Waals surface area contributed by atoms with Gasteiger partial charge in [-0.1, -0.05) is 18.2 Å². The summed E-state index contributed by atoms with van der Waals surface area (Å²) >= 11 is 0. The Kier molecular flexibility index (Phi) is 4.60. The van der Waals surface area contributed by atoms with E-state index >= 15 is 0 Å². The zero-order valence-electron chi connectivity index (χ0n) is 11.2. The van der Waals surface area contributed by atoms with E-state index in [1.54, 1.807) is 0 Å². The van der Waals surface area contributed by atoms with Crippen LogP contribution >= 0.6 is 0 Å². The van der Waals surface area contributed by atoms with Crippen molar-refractivity contribution in [3.8, 4) is 0 Å². The molecule has 0 aliphatic carbocycles. The second-order valence-corrected chi connectivity index (χ2v) is 4.45. The van der Waals surface area contributed by atoms with Gasteiger partial charge in [-0.3, -0.25) is 4.79 Å². The molecule has 0 bridgehead atoms. The van der Waals surface area contributed by atoms with Crippen molar-refractivity contribution in [2.24, 2.45) is 0 Å². The molecular weight excluding hydrogens is 298 g/mol. The number of nitrogens with one attached hydrogen (secondary N) is 1. The van der Waals surface area contributed by atoms with Crippen molar-refractivity contribution in [3.63, 3.8) is 0 Å². The van der Waals surface area contributed by atoms with Crippen LogP contribution in [0.25, 0.3) is 6.08 Å². The lowest BCUT2D eigenvalue weighted by Gasteiger charge is -2.08. The van der Waals surface area contributed by atoms with Crippen molar-refractivity contribution in [2.45, 2.75) is 6.18 Å². The molecule has 2 aromatic carbocycles. The van der Waals surface area contributed by atoms with Gasteiger partial charge in [-0.25, -0.2) is 4.39 Å². The van der Waals surface area contributed by atoms with E-state index in [1.807, 2.05) is 0 Å². The number of carbonyl (C=O) groups is 1. The minimum Gasteiger partial charge on any atom is -0.322 e. The van der Waals surface area contributed by atoms with Crippen LogP contribution in [0.2, 0.25) is 0 Å². The Labute approximate surface area is 124 Å². The molecule has 114 valence electrons. The molecule has 0 aliphatic rings. The van der Waals surface area contributed by atoms with Gasteiger partial charge in [0.1, 0.15) is 5.82 Å². The molecule has 0 unspecified atom stereocenters. The molecule has 1 N–H and O–H groups in total. The second-order valence-electron chi connectivity index (χ2n) is 4.45. The Hall–Kier alpha value is -2.63. The lowest BCUT2D eigenvalue weighted by Crippen LogP contribution is -2.10. The number of alkyl halides is 3. The van der Waals surface area contributed by atoms with Crippen LogP contribution in [-0.4, -0.2) is 5.91 Å². The van der Waals surface area contributed by atoms with Gasteiger partial charge in [0.2, 0.25) is 5.91 Å². The largest absolute Gasteiger partial charge is 0.416 e. The average molecular weight is 309 g/mol. The van der Waals surface area contributed by atoms with Crippen LogP contribution < -0.4 is 5.32 Å². The van der Waals surface area contributed by atoms with Gasteiger partial charge in [-0.15, -0.1) is 0 Å². The van der Waals surface area contributed by atoms with E-state index in [2.05, 4.69) is 5.32 Å². The van der Waals surface area contributed by atoms with Crippen LogP contribution in [0.4, 0.5) is 23.2 Å². The molecule has 2 aromatic rings. The van der Waals surface area contributed by atoms with E-state index in [4.69, 9.17) is 0 Å². The van der Waals surface area contributed by atoms with Gasteiger partial charge in [0, 0.05) is 11.8 Å². The van der Waals surface area contributed by atoms with Gasteiger partial charge in [-0.05, 0) is 42.0 Å². The monoisotopic (exact) mass is 309 g/mol. The number of amides is 1. The van der Waals surface area contributed by atoms with Gasteiger partial charge in [0.05, 0.1) is 5.56 Å². The zero-order chi connectivity index (χ0) is 16.2. The molecular formula is C16H11F4NO. The molecule has 0 saturated carbocycles. The molecule has 6 heteroatoms. The Balaban J connectivity index is 2.04. The van der Waals surface area contributed by atoms with E-state index in [-0.39, 0.29) is 5.69 Å². The molecule has 2 rings (SSSR count). The van der Waals surface area contributed by atoms with E-state index in [0.717, 1.165) is 18.2 Å². The SMILES string of the molecule is O=C(/C=C/c1ccc(F)cc1)Nc1cccc(C(F)(F)F)c1. The zero-order valence-corrected chi connectivity index (χ0v) is 11.2. The van der Waals surface area contributed by atoms with Crippen molar-refractivity contribution in [2.75, 3.05) is 5.32 Å². The maximum Gasteiger partial charge on any atom is 0.416 e. The van der Waals surface area contributed by atoms with Gasteiger partial charge in [0.15, 0.2) is 0 Å². The highest BCUT2D eigenvalue weighted by atomic mass is 19.4. The maximum absolute atomic E-state index is 12.7. The third kappa shape index (κ3) is 4.44. The van der Waals surface area contributed by atoms with Crippen LogP contribution in [0, 0.1) is 5.82 Å². The van der Waals surface area contributed by atoms with Crippen LogP contribution in [-0.2, 0) is 11.0 Å². The van der Waals surface area contributed by atoms with Crippen molar-refractivity contribution < 1.29 is 22.4 Å². The average Bonchev–Trinajstić information content (AvgIpc) is 2.46. The third-order valence-corrected chi connectivity index (χ3v) is 2.75. The van der Waals surface area contributed by atoms with E-state index in [0.29, 0.717) is 5.56 Å². The smallest absolute Gasteiger partial charge is 0.322 e. The highest BCUT2D eigenvalue weighted by molar-refractivity contribution is 6.01. The number of rotatable bonds is 3. The van der Waals surface area contributed by atoms with E-state index in [1.165, 1.54) is 42.5 Å². The fraction of sp³-hybridized carbons (Fsp3) is 0.0625. The molecule has 2 nitrogen and oxygen atoms in total. The number of benzene rings is 2. The fourth-order valence-electron chi connectivity index (χ4n) is 1.70. The number of halogens is 4. The number of hydrogen-bond donors (Lipinski definition) is 1. The first-order chi connectivity index (χ1) is 10.3. The molecule has 0 fully saturated rings. The van der Waals surface area contributed by atoms with Crippen molar-refractivity contribution in [1.82, 2.24) is 0 Å². The Morgan fingerprint density at radius 1 is 1.05 bits per heavy atom. The summed E-state index contributed by atoms with van der Waals surface area (Å²) < 4.78 is 50.4. The predicted molar refractivity (Wildman–Crippen MR) is 75.5 cm³/mol. The normalized spacial score (nSPS) is 11.6. The topological polar surface area (TPSA) is 29.1 Å². The molecule has 0 atom stereocenters. The lowest BCUT2D eigenvalue weighted by atomic mass is 10.2. The summed E-state index contributed by atoms with van der Waals surface area (Å²) in [4.78, 5) is 11.7. The Bertz CT molecular complexity index is 690. The Morgan fingerprint density at radius 2 is 1.73 bits per heavy atom. The number of carbonyl (C=O) groups excluding carboxylic acids is 1. The first-order valence-electron chi connectivity index (χ1n) is 6.26. The maximum atomic E-state index is 12.7. The second kappa shape index (κ2) is 6.43.